The summed E-state index contributed by atoms with van der Waals surface area (Å²) in [5.74, 6) is 0.485. The van der Waals surface area contributed by atoms with Crippen LogP contribution in [0.15, 0.2) is 58.9 Å². The summed E-state index contributed by atoms with van der Waals surface area (Å²) in [4.78, 5) is 5.73. The molecule has 28 heavy (non-hydrogen) atoms. The Labute approximate surface area is 175 Å². The maximum Gasteiger partial charge on any atom is 0.116 e. The average molecular weight is 424 g/mol. The molecule has 1 aromatic carbocycles. The number of rotatable bonds is 8. The Kier molecular flexibility index (Phi) is 7.39. The van der Waals surface area contributed by atoms with E-state index in [0.717, 1.165) is 21.7 Å². The molecular weight excluding hydrogens is 406 g/mol. The summed E-state index contributed by atoms with van der Waals surface area (Å²) >= 11 is 2.94. The lowest BCUT2D eigenvalue weighted by atomic mass is 10.0. The van der Waals surface area contributed by atoms with Crippen molar-refractivity contribution in [1.29, 1.82) is 10.5 Å². The second-order valence-corrected chi connectivity index (χ2v) is 9.71. The molecule has 1 atom stereocenters. The molecule has 0 saturated carbocycles. The van der Waals surface area contributed by atoms with Crippen LogP contribution in [0.1, 0.15) is 18.4 Å². The average Bonchev–Trinajstić information content (AvgIpc) is 3.27. The normalized spacial score (nSPS) is 11.5. The molecule has 3 aromatic rings. The number of pyridine rings is 1. The second kappa shape index (κ2) is 10.2. The molecule has 0 N–H and O–H groups in total. The number of hydrogen-bond acceptors (Lipinski definition) is 6. The number of thiophene rings is 1. The van der Waals surface area contributed by atoms with Crippen molar-refractivity contribution in [2.45, 2.75) is 17.9 Å². The van der Waals surface area contributed by atoms with Gasteiger partial charge in [-0.15, -0.1) is 11.3 Å². The molecule has 0 bridgehead atoms. The first-order valence-corrected chi connectivity index (χ1v) is 12.0. The zero-order chi connectivity index (χ0) is 19.8. The van der Waals surface area contributed by atoms with Crippen molar-refractivity contribution in [3.05, 3.63) is 59.5 Å². The monoisotopic (exact) mass is 423 g/mol. The van der Waals surface area contributed by atoms with Gasteiger partial charge in [0.15, 0.2) is 0 Å². The largest absolute Gasteiger partial charge is 0.259 e. The zero-order valence-corrected chi connectivity index (χ0v) is 17.4. The van der Waals surface area contributed by atoms with E-state index in [1.165, 1.54) is 11.8 Å². The number of nitrogens with zero attached hydrogens (tertiary/aromatic N) is 3. The highest BCUT2D eigenvalue weighted by Gasteiger charge is 2.17. The van der Waals surface area contributed by atoms with Crippen LogP contribution < -0.4 is 0 Å². The van der Waals surface area contributed by atoms with Gasteiger partial charge < -0.3 is 0 Å². The van der Waals surface area contributed by atoms with Gasteiger partial charge in [-0.2, -0.15) is 10.5 Å². The van der Waals surface area contributed by atoms with Crippen LogP contribution >= 0.6 is 23.1 Å². The van der Waals surface area contributed by atoms with Crippen molar-refractivity contribution < 1.29 is 4.21 Å². The molecule has 2 aromatic heterocycles. The number of aromatic nitrogens is 1. The van der Waals surface area contributed by atoms with E-state index in [1.54, 1.807) is 11.3 Å². The van der Waals surface area contributed by atoms with Crippen molar-refractivity contribution in [1.82, 2.24) is 4.98 Å². The van der Waals surface area contributed by atoms with E-state index in [4.69, 9.17) is 10.2 Å². The van der Waals surface area contributed by atoms with Gasteiger partial charge in [-0.1, -0.05) is 48.2 Å². The van der Waals surface area contributed by atoms with E-state index < -0.39 is 10.8 Å². The maximum absolute atomic E-state index is 12.2. The molecule has 0 aliphatic heterocycles. The minimum atomic E-state index is -1.06. The van der Waals surface area contributed by atoms with Crippen molar-refractivity contribution in [3.63, 3.8) is 0 Å². The van der Waals surface area contributed by atoms with Crippen LogP contribution in [0, 0.1) is 22.7 Å². The van der Waals surface area contributed by atoms with E-state index in [9.17, 15) is 9.47 Å². The number of hydrogen-bond donors (Lipinski definition) is 0. The number of thioether (sulfide) groups is 1. The van der Waals surface area contributed by atoms with Gasteiger partial charge in [0.25, 0.3) is 0 Å². The van der Waals surface area contributed by atoms with Gasteiger partial charge in [-0.3, -0.25) is 4.21 Å². The molecule has 0 amide bonds. The predicted octanol–water partition coefficient (Wildman–Crippen LogP) is 5.45. The summed E-state index contributed by atoms with van der Waals surface area (Å²) in [6.07, 6.45) is 1.02. The molecule has 7 heteroatoms. The third-order valence-electron chi connectivity index (χ3n) is 3.94. The van der Waals surface area contributed by atoms with Crippen molar-refractivity contribution in [3.8, 4) is 33.8 Å². The molecular formula is C21H17N3OS3. The molecule has 2 heterocycles. The standard InChI is InChI=1S/C21H17N3OS3/c22-10-4-5-12-28(25)15-27-21-18(14-23)17(16-7-2-1-3-8-16)13-19(24-21)20-9-6-11-26-20/h1-3,6-9,11,13H,4-5,12,15H2. The summed E-state index contributed by atoms with van der Waals surface area (Å²) < 4.78 is 12.2. The molecule has 0 fully saturated rings. The summed E-state index contributed by atoms with van der Waals surface area (Å²) in [5, 5.41) is 21.4. The van der Waals surface area contributed by atoms with Crippen molar-refractivity contribution in [2.75, 3.05) is 10.8 Å². The summed E-state index contributed by atoms with van der Waals surface area (Å²) in [7, 11) is -1.06. The van der Waals surface area contributed by atoms with E-state index in [1.807, 2.05) is 53.9 Å². The van der Waals surface area contributed by atoms with Crippen LogP contribution in [0.5, 0.6) is 0 Å². The molecule has 3 rings (SSSR count). The lowest BCUT2D eigenvalue weighted by Crippen LogP contribution is -2.02. The van der Waals surface area contributed by atoms with Crippen LogP contribution in [0.4, 0.5) is 0 Å². The van der Waals surface area contributed by atoms with Crippen molar-refractivity contribution >= 4 is 33.9 Å². The van der Waals surface area contributed by atoms with Gasteiger partial charge in [0.1, 0.15) is 11.1 Å². The Morgan fingerprint density at radius 1 is 1.14 bits per heavy atom. The van der Waals surface area contributed by atoms with E-state index in [2.05, 4.69) is 12.1 Å². The topological polar surface area (TPSA) is 77.5 Å². The fourth-order valence-electron chi connectivity index (χ4n) is 2.62. The molecule has 4 nitrogen and oxygen atoms in total. The zero-order valence-electron chi connectivity index (χ0n) is 15.0. The third kappa shape index (κ3) is 5.08. The van der Waals surface area contributed by atoms with Crippen molar-refractivity contribution in [2.24, 2.45) is 0 Å². The van der Waals surface area contributed by atoms with E-state index in [-0.39, 0.29) is 0 Å². The summed E-state index contributed by atoms with van der Waals surface area (Å²) in [6.45, 7) is 0. The molecule has 0 aliphatic carbocycles. The van der Waals surface area contributed by atoms with Gasteiger partial charge in [0, 0.05) is 28.5 Å². The van der Waals surface area contributed by atoms with Crippen LogP contribution in [0.2, 0.25) is 0 Å². The Bertz CT molecular complexity index is 1040. The first-order valence-electron chi connectivity index (χ1n) is 8.62. The minimum Gasteiger partial charge on any atom is -0.259 e. The highest BCUT2D eigenvalue weighted by molar-refractivity contribution is 8.10. The van der Waals surface area contributed by atoms with E-state index >= 15 is 0 Å². The Balaban J connectivity index is 1.96. The summed E-state index contributed by atoms with van der Waals surface area (Å²) in [6, 6.07) is 20.1. The molecule has 1 unspecified atom stereocenters. The van der Waals surface area contributed by atoms with Crippen LogP contribution in [-0.2, 0) is 10.8 Å². The SMILES string of the molecule is N#CCCCS(=O)CSc1nc(-c2cccs2)cc(-c2ccccc2)c1C#N. The third-order valence-corrected chi connectivity index (χ3v) is 7.67. The van der Waals surface area contributed by atoms with E-state index in [0.29, 0.717) is 34.3 Å². The number of nitriles is 2. The van der Waals surface area contributed by atoms with Gasteiger partial charge in [0.2, 0.25) is 0 Å². The van der Waals surface area contributed by atoms with Gasteiger partial charge in [-0.25, -0.2) is 4.98 Å². The summed E-state index contributed by atoms with van der Waals surface area (Å²) in [5.41, 5.74) is 3.10. The lowest BCUT2D eigenvalue weighted by molar-refractivity contribution is 0.684. The number of unbranched alkanes of at least 4 members (excludes halogenated alkanes) is 1. The Hall–Kier alpha value is -2.45. The van der Waals surface area contributed by atoms with Crippen LogP contribution in [0.25, 0.3) is 21.7 Å². The highest BCUT2D eigenvalue weighted by atomic mass is 32.2. The second-order valence-electron chi connectivity index (χ2n) is 5.86. The number of benzene rings is 1. The fraction of sp³-hybridized carbons (Fsp3) is 0.190. The Morgan fingerprint density at radius 2 is 1.96 bits per heavy atom. The molecule has 0 aliphatic rings. The van der Waals surface area contributed by atoms with Crippen LogP contribution in [0.3, 0.4) is 0 Å². The smallest absolute Gasteiger partial charge is 0.116 e. The Morgan fingerprint density at radius 3 is 2.64 bits per heavy atom. The first kappa shape index (κ1) is 20.3. The quantitative estimate of drug-likeness (QED) is 0.355. The highest BCUT2D eigenvalue weighted by Crippen LogP contribution is 2.35. The lowest BCUT2D eigenvalue weighted by Gasteiger charge is -2.11. The maximum atomic E-state index is 12.2. The minimum absolute atomic E-state index is 0.356. The predicted molar refractivity (Wildman–Crippen MR) is 116 cm³/mol. The first-order chi connectivity index (χ1) is 13.7. The van der Waals surface area contributed by atoms with Gasteiger partial charge >= 0.3 is 0 Å². The fourth-order valence-corrected chi connectivity index (χ4v) is 5.68. The van der Waals surface area contributed by atoms with Gasteiger partial charge in [0.05, 0.1) is 27.3 Å². The van der Waals surface area contributed by atoms with Crippen LogP contribution in [-0.4, -0.2) is 20.0 Å². The molecule has 140 valence electrons. The molecule has 0 saturated heterocycles. The molecule has 0 spiro atoms. The van der Waals surface area contributed by atoms with Gasteiger partial charge in [-0.05, 0) is 29.5 Å². The molecule has 0 radical (unpaired) electrons.